The van der Waals surface area contributed by atoms with Gasteiger partial charge in [-0.15, -0.1) is 0 Å². The minimum atomic E-state index is -4.02. The lowest BCUT2D eigenvalue weighted by Crippen LogP contribution is -2.41. The molecule has 3 rings (SSSR count). The van der Waals surface area contributed by atoms with Crippen LogP contribution in [0.25, 0.3) is 0 Å². The summed E-state index contributed by atoms with van der Waals surface area (Å²) < 4.78 is 33.0. The van der Waals surface area contributed by atoms with Crippen LogP contribution in [0.5, 0.6) is 5.75 Å². The Morgan fingerprint density at radius 3 is 2.07 bits per heavy atom. The van der Waals surface area contributed by atoms with Crippen LogP contribution in [0.15, 0.2) is 83.8 Å². The van der Waals surface area contributed by atoms with Crippen LogP contribution in [0.4, 0.5) is 11.4 Å². The summed E-state index contributed by atoms with van der Waals surface area (Å²) in [7, 11) is -0.905. The molecule has 0 unspecified atom stereocenters. The monoisotopic (exact) mass is 444 g/mol. The summed E-state index contributed by atoms with van der Waals surface area (Å²) in [4.78, 5) is 14.4. The first-order valence-corrected chi connectivity index (χ1v) is 10.9. The van der Waals surface area contributed by atoms with Crippen molar-refractivity contribution >= 4 is 38.9 Å². The molecule has 0 saturated heterocycles. The Balaban J connectivity index is 1.97. The number of likely N-dealkylation sites (N-methyl/N-ethyl adjacent to an activating group) is 1. The van der Waals surface area contributed by atoms with Gasteiger partial charge in [0.2, 0.25) is 5.91 Å². The average molecular weight is 445 g/mol. The summed E-state index contributed by atoms with van der Waals surface area (Å²) in [5, 5.41) is 0.466. The number of methoxy groups -OCH3 is 1. The van der Waals surface area contributed by atoms with Gasteiger partial charge in [0.05, 0.1) is 17.7 Å². The topological polar surface area (TPSA) is 66.9 Å². The van der Waals surface area contributed by atoms with E-state index in [1.54, 1.807) is 55.6 Å². The minimum absolute atomic E-state index is 0.0495. The zero-order chi connectivity index (χ0) is 21.7. The number of sulfonamides is 1. The van der Waals surface area contributed by atoms with E-state index < -0.39 is 10.0 Å². The first kappa shape index (κ1) is 21.7. The zero-order valence-electron chi connectivity index (χ0n) is 16.5. The smallest absolute Gasteiger partial charge is 0.264 e. The first-order chi connectivity index (χ1) is 14.3. The number of anilines is 2. The number of halogens is 1. The zero-order valence-corrected chi connectivity index (χ0v) is 18.1. The van der Waals surface area contributed by atoms with Gasteiger partial charge in [0, 0.05) is 17.8 Å². The van der Waals surface area contributed by atoms with Crippen LogP contribution >= 0.6 is 11.6 Å². The molecule has 0 N–H and O–H groups in total. The van der Waals surface area contributed by atoms with E-state index >= 15 is 0 Å². The van der Waals surface area contributed by atoms with Crippen molar-refractivity contribution in [1.29, 1.82) is 0 Å². The highest BCUT2D eigenvalue weighted by Crippen LogP contribution is 2.27. The van der Waals surface area contributed by atoms with Crippen molar-refractivity contribution in [2.75, 3.05) is 29.9 Å². The van der Waals surface area contributed by atoms with E-state index in [2.05, 4.69) is 0 Å². The molecule has 0 heterocycles. The largest absolute Gasteiger partial charge is 0.497 e. The van der Waals surface area contributed by atoms with Crippen LogP contribution in [0.1, 0.15) is 0 Å². The maximum Gasteiger partial charge on any atom is 0.264 e. The van der Waals surface area contributed by atoms with Gasteiger partial charge in [0.1, 0.15) is 12.3 Å². The van der Waals surface area contributed by atoms with Crippen molar-refractivity contribution in [2.24, 2.45) is 0 Å². The quantitative estimate of drug-likeness (QED) is 0.547. The molecule has 0 spiro atoms. The van der Waals surface area contributed by atoms with Gasteiger partial charge in [-0.25, -0.2) is 8.42 Å². The van der Waals surface area contributed by atoms with E-state index in [0.29, 0.717) is 22.1 Å². The highest BCUT2D eigenvalue weighted by molar-refractivity contribution is 7.92. The molecule has 0 atom stereocenters. The third-order valence-corrected chi connectivity index (χ3v) is 6.60. The van der Waals surface area contributed by atoms with Crippen LogP contribution in [-0.2, 0) is 14.8 Å². The van der Waals surface area contributed by atoms with Crippen molar-refractivity contribution in [3.63, 3.8) is 0 Å². The van der Waals surface area contributed by atoms with E-state index in [4.69, 9.17) is 16.3 Å². The second-order valence-electron chi connectivity index (χ2n) is 6.45. The number of ether oxygens (including phenoxy) is 1. The van der Waals surface area contributed by atoms with Gasteiger partial charge in [-0.1, -0.05) is 29.8 Å². The van der Waals surface area contributed by atoms with Crippen LogP contribution in [0, 0.1) is 0 Å². The molecule has 0 radical (unpaired) electrons. The fraction of sp³-hybridized carbons (Fsp3) is 0.136. The van der Waals surface area contributed by atoms with Crippen molar-refractivity contribution in [2.45, 2.75) is 4.90 Å². The van der Waals surface area contributed by atoms with Crippen molar-refractivity contribution in [3.05, 3.63) is 83.9 Å². The van der Waals surface area contributed by atoms with Crippen LogP contribution < -0.4 is 13.9 Å². The number of benzene rings is 3. The van der Waals surface area contributed by atoms with Gasteiger partial charge in [-0.05, 0) is 60.7 Å². The molecule has 3 aromatic carbocycles. The minimum Gasteiger partial charge on any atom is -0.497 e. The van der Waals surface area contributed by atoms with Gasteiger partial charge in [0.15, 0.2) is 0 Å². The number of carbonyl (C=O) groups is 1. The summed E-state index contributed by atoms with van der Waals surface area (Å²) in [6.07, 6.45) is 0. The molecule has 30 heavy (non-hydrogen) atoms. The predicted molar refractivity (Wildman–Crippen MR) is 119 cm³/mol. The second-order valence-corrected chi connectivity index (χ2v) is 8.75. The molecule has 0 aliphatic heterocycles. The molecular formula is C22H21ClN2O4S. The summed E-state index contributed by atoms with van der Waals surface area (Å²) in [6, 6.07) is 21.3. The van der Waals surface area contributed by atoms with E-state index in [1.807, 2.05) is 18.2 Å². The van der Waals surface area contributed by atoms with Gasteiger partial charge < -0.3 is 9.64 Å². The molecule has 156 valence electrons. The molecule has 0 aliphatic carbocycles. The number of rotatable bonds is 7. The van der Waals surface area contributed by atoms with Gasteiger partial charge in [-0.3, -0.25) is 9.10 Å². The van der Waals surface area contributed by atoms with Crippen molar-refractivity contribution in [1.82, 2.24) is 0 Å². The van der Waals surface area contributed by atoms with E-state index in [9.17, 15) is 13.2 Å². The third kappa shape index (κ3) is 4.75. The maximum absolute atomic E-state index is 13.4. The Bertz CT molecular complexity index is 1100. The fourth-order valence-electron chi connectivity index (χ4n) is 2.82. The summed E-state index contributed by atoms with van der Waals surface area (Å²) in [5.74, 6) is 0.153. The van der Waals surface area contributed by atoms with Gasteiger partial charge >= 0.3 is 0 Å². The normalized spacial score (nSPS) is 11.0. The number of hydrogen-bond acceptors (Lipinski definition) is 4. The lowest BCUT2D eigenvalue weighted by Gasteiger charge is -2.27. The predicted octanol–water partition coefficient (Wildman–Crippen LogP) is 4.21. The molecule has 3 aromatic rings. The van der Waals surface area contributed by atoms with E-state index in [1.165, 1.54) is 24.1 Å². The SMILES string of the molecule is COc1ccc(S(=O)(=O)N(CC(=O)N(C)c2ccccc2)c2ccc(Cl)cc2)cc1. The number of hydrogen-bond donors (Lipinski definition) is 0. The number of amides is 1. The molecule has 8 heteroatoms. The van der Waals surface area contributed by atoms with Crippen LogP contribution in [0.3, 0.4) is 0 Å². The van der Waals surface area contributed by atoms with Crippen LogP contribution in [-0.4, -0.2) is 35.0 Å². The second kappa shape index (κ2) is 9.19. The maximum atomic E-state index is 13.4. The number of carbonyl (C=O) groups excluding carboxylic acids is 1. The summed E-state index contributed by atoms with van der Waals surface area (Å²) in [5.41, 5.74) is 1.01. The highest BCUT2D eigenvalue weighted by atomic mass is 35.5. The Kier molecular flexibility index (Phi) is 6.64. The number of para-hydroxylation sites is 1. The lowest BCUT2D eigenvalue weighted by molar-refractivity contribution is -0.116. The first-order valence-electron chi connectivity index (χ1n) is 9.07. The molecule has 0 fully saturated rings. The Labute approximate surface area is 181 Å². The van der Waals surface area contributed by atoms with Crippen molar-refractivity contribution in [3.8, 4) is 5.75 Å². The average Bonchev–Trinajstić information content (AvgIpc) is 2.78. The molecule has 0 aromatic heterocycles. The molecule has 6 nitrogen and oxygen atoms in total. The number of nitrogens with zero attached hydrogens (tertiary/aromatic N) is 2. The van der Waals surface area contributed by atoms with E-state index in [0.717, 1.165) is 4.31 Å². The molecule has 0 saturated carbocycles. The third-order valence-electron chi connectivity index (χ3n) is 4.56. The van der Waals surface area contributed by atoms with Crippen LogP contribution in [0.2, 0.25) is 5.02 Å². The van der Waals surface area contributed by atoms with Gasteiger partial charge in [-0.2, -0.15) is 0 Å². The summed E-state index contributed by atoms with van der Waals surface area (Å²) >= 11 is 5.96. The molecular weight excluding hydrogens is 424 g/mol. The molecule has 0 aliphatic rings. The fourth-order valence-corrected chi connectivity index (χ4v) is 4.36. The Hall–Kier alpha value is -3.03. The Morgan fingerprint density at radius 2 is 1.50 bits per heavy atom. The Morgan fingerprint density at radius 1 is 0.900 bits per heavy atom. The van der Waals surface area contributed by atoms with Gasteiger partial charge in [0.25, 0.3) is 10.0 Å². The standard InChI is InChI=1S/C22H21ClN2O4S/c1-24(18-6-4-3-5-7-18)22(26)16-25(19-10-8-17(23)9-11-19)30(27,28)21-14-12-20(29-2)13-15-21/h3-15H,16H2,1-2H3. The van der Waals surface area contributed by atoms with E-state index in [-0.39, 0.29) is 17.3 Å². The lowest BCUT2D eigenvalue weighted by atomic mass is 10.3. The molecule has 0 bridgehead atoms. The summed E-state index contributed by atoms with van der Waals surface area (Å²) in [6.45, 7) is -0.374. The van der Waals surface area contributed by atoms with Crippen molar-refractivity contribution < 1.29 is 17.9 Å². The molecule has 1 amide bonds. The highest BCUT2D eigenvalue weighted by Gasteiger charge is 2.28.